The van der Waals surface area contributed by atoms with Crippen LogP contribution in [0.2, 0.25) is 0 Å². The molecule has 9 heteroatoms. The Bertz CT molecular complexity index is 984. The number of benzene rings is 1. The monoisotopic (exact) mass is 386 g/mol. The average Bonchev–Trinajstić information content (AvgIpc) is 3.19. The zero-order valence-electron chi connectivity index (χ0n) is 14.9. The van der Waals surface area contributed by atoms with Gasteiger partial charge in [-0.15, -0.1) is 0 Å². The number of hydrogen-bond donors (Lipinski definition) is 2. The molecule has 0 saturated carbocycles. The normalized spacial score (nSPS) is 21.1. The van der Waals surface area contributed by atoms with Crippen molar-refractivity contribution in [1.82, 2.24) is 9.78 Å². The van der Waals surface area contributed by atoms with E-state index in [1.54, 1.807) is 35.2 Å². The number of thioether (sulfide) groups is 1. The number of nitrogens with two attached hydrogens (primary N) is 1. The summed E-state index contributed by atoms with van der Waals surface area (Å²) in [4.78, 5) is 19.0. The second-order valence-corrected chi connectivity index (χ2v) is 7.63. The van der Waals surface area contributed by atoms with E-state index in [1.165, 1.54) is 23.9 Å². The Morgan fingerprint density at radius 1 is 1.37 bits per heavy atom. The highest BCUT2D eigenvalue weighted by Crippen LogP contribution is 2.35. The van der Waals surface area contributed by atoms with Gasteiger partial charge in [-0.1, -0.05) is 11.8 Å². The topological polar surface area (TPSA) is 88.5 Å². The summed E-state index contributed by atoms with van der Waals surface area (Å²) in [7, 11) is 1.96. The Morgan fingerprint density at radius 3 is 2.93 bits per heavy atom. The third-order valence-corrected chi connectivity index (χ3v) is 5.33. The smallest absolute Gasteiger partial charge is 0.276 e. The molecule has 0 aliphatic carbocycles. The van der Waals surface area contributed by atoms with E-state index in [4.69, 9.17) is 5.73 Å². The number of nitrogens with one attached hydrogen (secondary N) is 1. The number of amidine groups is 1. The third kappa shape index (κ3) is 3.18. The molecular formula is C18H19FN6OS. The van der Waals surface area contributed by atoms with Gasteiger partial charge in [0.1, 0.15) is 17.2 Å². The summed E-state index contributed by atoms with van der Waals surface area (Å²) in [6.45, 7) is 3.40. The van der Waals surface area contributed by atoms with Crippen LogP contribution in [0.4, 0.5) is 15.9 Å². The van der Waals surface area contributed by atoms with Gasteiger partial charge in [0.05, 0.1) is 6.54 Å². The van der Waals surface area contributed by atoms with E-state index in [0.29, 0.717) is 22.1 Å². The first-order valence-corrected chi connectivity index (χ1v) is 9.34. The predicted octanol–water partition coefficient (Wildman–Crippen LogP) is 2.51. The fourth-order valence-electron chi connectivity index (χ4n) is 3.21. The molecule has 1 aromatic carbocycles. The Kier molecular flexibility index (Phi) is 4.18. The second kappa shape index (κ2) is 6.41. The molecule has 2 aliphatic rings. The van der Waals surface area contributed by atoms with E-state index < -0.39 is 11.4 Å². The van der Waals surface area contributed by atoms with Crippen LogP contribution in [0.15, 0.2) is 40.7 Å². The molecule has 27 heavy (non-hydrogen) atoms. The Labute approximate surface area is 160 Å². The summed E-state index contributed by atoms with van der Waals surface area (Å²) < 4.78 is 16.3. The summed E-state index contributed by atoms with van der Waals surface area (Å²) in [5.41, 5.74) is 6.01. The summed E-state index contributed by atoms with van der Waals surface area (Å²) in [6, 6.07) is 6.17. The average molecular weight is 386 g/mol. The fraction of sp³-hybridized carbons (Fsp3) is 0.278. The first kappa shape index (κ1) is 17.6. The van der Waals surface area contributed by atoms with Gasteiger partial charge in [0, 0.05) is 30.9 Å². The Balaban J connectivity index is 1.60. The van der Waals surface area contributed by atoms with Gasteiger partial charge < -0.3 is 16.0 Å². The second-order valence-electron chi connectivity index (χ2n) is 6.70. The molecule has 3 N–H and O–H groups in total. The lowest BCUT2D eigenvalue weighted by molar-refractivity contribution is 0.102. The highest BCUT2D eigenvalue weighted by Gasteiger charge is 2.29. The number of amides is 1. The van der Waals surface area contributed by atoms with Gasteiger partial charge in [-0.25, -0.2) is 14.1 Å². The molecule has 7 nitrogen and oxygen atoms in total. The van der Waals surface area contributed by atoms with Crippen LogP contribution in [-0.2, 0) is 12.1 Å². The van der Waals surface area contributed by atoms with Crippen LogP contribution in [0.3, 0.4) is 0 Å². The zero-order chi connectivity index (χ0) is 19.2. The highest BCUT2D eigenvalue weighted by molar-refractivity contribution is 8.16. The zero-order valence-corrected chi connectivity index (χ0v) is 15.8. The maximum atomic E-state index is 14.5. The van der Waals surface area contributed by atoms with E-state index in [2.05, 4.69) is 15.4 Å². The van der Waals surface area contributed by atoms with Crippen molar-refractivity contribution in [1.29, 1.82) is 0 Å². The van der Waals surface area contributed by atoms with E-state index in [-0.39, 0.29) is 5.91 Å². The number of hydrogen-bond acceptors (Lipinski definition) is 6. The number of carbonyl (C=O) groups excluding carboxylic acids is 1. The maximum absolute atomic E-state index is 14.5. The lowest BCUT2D eigenvalue weighted by Gasteiger charge is -2.26. The molecule has 0 saturated heterocycles. The molecule has 1 amide bonds. The van der Waals surface area contributed by atoms with Crippen molar-refractivity contribution in [3.05, 3.63) is 52.8 Å². The van der Waals surface area contributed by atoms with Crippen molar-refractivity contribution in [3.8, 4) is 0 Å². The Hall–Kier alpha value is -2.81. The minimum Gasteiger partial charge on any atom is -0.378 e. The van der Waals surface area contributed by atoms with Gasteiger partial charge in [0.25, 0.3) is 5.91 Å². The highest BCUT2D eigenvalue weighted by atomic mass is 32.2. The number of aromatic nitrogens is 2. The molecule has 0 unspecified atom stereocenters. The van der Waals surface area contributed by atoms with Gasteiger partial charge >= 0.3 is 0 Å². The molecule has 140 valence electrons. The van der Waals surface area contributed by atoms with Crippen molar-refractivity contribution in [2.75, 3.05) is 23.8 Å². The van der Waals surface area contributed by atoms with E-state index in [1.807, 2.05) is 11.9 Å². The molecule has 0 bridgehead atoms. The van der Waals surface area contributed by atoms with Crippen LogP contribution in [0, 0.1) is 5.82 Å². The van der Waals surface area contributed by atoms with Gasteiger partial charge in [0.15, 0.2) is 10.9 Å². The minimum atomic E-state index is -0.918. The van der Waals surface area contributed by atoms with E-state index in [0.717, 1.165) is 18.9 Å². The molecule has 3 heterocycles. The fourth-order valence-corrected chi connectivity index (χ4v) is 3.93. The van der Waals surface area contributed by atoms with Crippen molar-refractivity contribution < 1.29 is 9.18 Å². The SMILES string of the molecule is CN1CCn2nc(C(=O)Nc3ccc(F)c([C@]4(C)C=CSC(N)=N4)c3)cc21. The lowest BCUT2D eigenvalue weighted by Crippen LogP contribution is -2.25. The Morgan fingerprint density at radius 2 is 2.19 bits per heavy atom. The van der Waals surface area contributed by atoms with Crippen LogP contribution in [0.5, 0.6) is 0 Å². The molecule has 0 spiro atoms. The number of fused-ring (bicyclic) bond motifs is 1. The van der Waals surface area contributed by atoms with E-state index in [9.17, 15) is 9.18 Å². The maximum Gasteiger partial charge on any atom is 0.276 e. The number of likely N-dealkylation sites (N-methyl/N-ethyl adjacent to an activating group) is 1. The molecule has 4 rings (SSSR count). The van der Waals surface area contributed by atoms with Crippen molar-refractivity contribution in [2.45, 2.75) is 19.0 Å². The molecule has 1 aromatic heterocycles. The largest absolute Gasteiger partial charge is 0.378 e. The number of rotatable bonds is 3. The summed E-state index contributed by atoms with van der Waals surface area (Å²) >= 11 is 1.28. The van der Waals surface area contributed by atoms with Crippen molar-refractivity contribution >= 4 is 34.3 Å². The van der Waals surface area contributed by atoms with Gasteiger partial charge in [-0.2, -0.15) is 5.10 Å². The standard InChI is InChI=1S/C18H19FN6OS/c1-18(5-8-27-17(20)22-18)12-9-11(3-4-13(12)19)21-16(26)14-10-15-24(2)6-7-25(15)23-14/h3-5,8-10H,6-7H2,1-2H3,(H2,20,22)(H,21,26)/t18-/m0/s1. The van der Waals surface area contributed by atoms with Gasteiger partial charge in [0.2, 0.25) is 0 Å². The third-order valence-electron chi connectivity index (χ3n) is 4.72. The number of nitrogens with zero attached hydrogens (tertiary/aromatic N) is 4. The minimum absolute atomic E-state index is 0.324. The van der Waals surface area contributed by atoms with Gasteiger partial charge in [-0.3, -0.25) is 4.79 Å². The van der Waals surface area contributed by atoms with Crippen molar-refractivity contribution in [2.24, 2.45) is 10.7 Å². The lowest BCUT2D eigenvalue weighted by atomic mass is 9.92. The molecule has 0 radical (unpaired) electrons. The number of carbonyl (C=O) groups is 1. The van der Waals surface area contributed by atoms with Crippen molar-refractivity contribution in [3.63, 3.8) is 0 Å². The number of aliphatic imine (C=N–C) groups is 1. The first-order chi connectivity index (χ1) is 12.9. The quantitative estimate of drug-likeness (QED) is 0.846. The molecule has 2 aromatic rings. The molecule has 1 atom stereocenters. The summed E-state index contributed by atoms with van der Waals surface area (Å²) in [5.74, 6) is 0.152. The summed E-state index contributed by atoms with van der Waals surface area (Å²) in [5, 5.41) is 9.27. The van der Waals surface area contributed by atoms with Crippen LogP contribution < -0.4 is 16.0 Å². The van der Waals surface area contributed by atoms with Crippen LogP contribution >= 0.6 is 11.8 Å². The van der Waals surface area contributed by atoms with Crippen LogP contribution in [0.1, 0.15) is 23.0 Å². The van der Waals surface area contributed by atoms with Crippen LogP contribution in [-0.4, -0.2) is 34.4 Å². The molecular weight excluding hydrogens is 367 g/mol. The van der Waals surface area contributed by atoms with Crippen LogP contribution in [0.25, 0.3) is 0 Å². The summed E-state index contributed by atoms with van der Waals surface area (Å²) in [6.07, 6.45) is 1.79. The molecule has 0 fully saturated rings. The first-order valence-electron chi connectivity index (χ1n) is 8.46. The molecule has 2 aliphatic heterocycles. The predicted molar refractivity (Wildman–Crippen MR) is 106 cm³/mol. The number of halogens is 1. The van der Waals surface area contributed by atoms with Gasteiger partial charge in [-0.05, 0) is 36.6 Å². The number of anilines is 2. The van der Waals surface area contributed by atoms with E-state index >= 15 is 0 Å².